The lowest BCUT2D eigenvalue weighted by atomic mass is 9.99. The van der Waals surface area contributed by atoms with Gasteiger partial charge in [-0.3, -0.25) is 4.79 Å². The quantitative estimate of drug-likeness (QED) is 0.881. The summed E-state index contributed by atoms with van der Waals surface area (Å²) in [6.45, 7) is 6.06. The van der Waals surface area contributed by atoms with Crippen LogP contribution in [0.25, 0.3) is 0 Å². The van der Waals surface area contributed by atoms with E-state index in [2.05, 4.69) is 43.0 Å². The third-order valence-corrected chi connectivity index (χ3v) is 4.05. The van der Waals surface area contributed by atoms with Crippen LogP contribution in [-0.4, -0.2) is 36.1 Å². The van der Waals surface area contributed by atoms with Crippen molar-refractivity contribution in [1.29, 1.82) is 0 Å². The molecule has 5 nitrogen and oxygen atoms in total. The van der Waals surface area contributed by atoms with Gasteiger partial charge in [0.05, 0.1) is 6.33 Å². The van der Waals surface area contributed by atoms with E-state index >= 15 is 0 Å². The Bertz CT molecular complexity index is 442. The molecule has 0 bridgehead atoms. The molecule has 1 saturated heterocycles. The highest BCUT2D eigenvalue weighted by atomic mass is 79.9. The van der Waals surface area contributed by atoms with Crippen molar-refractivity contribution in [2.75, 3.05) is 31.1 Å². The van der Waals surface area contributed by atoms with E-state index in [9.17, 15) is 4.79 Å². The smallest absolute Gasteiger partial charge is 0.267 e. The van der Waals surface area contributed by atoms with Gasteiger partial charge in [0.25, 0.3) is 5.56 Å². The van der Waals surface area contributed by atoms with Crippen molar-refractivity contribution in [3.8, 4) is 0 Å². The number of H-pyrrole nitrogens is 1. The van der Waals surface area contributed by atoms with Gasteiger partial charge in [-0.2, -0.15) is 0 Å². The number of aromatic nitrogens is 2. The summed E-state index contributed by atoms with van der Waals surface area (Å²) in [7, 11) is 0. The normalized spacial score (nSPS) is 19.8. The van der Waals surface area contributed by atoms with Gasteiger partial charge in [-0.1, -0.05) is 0 Å². The first-order valence-electron chi connectivity index (χ1n) is 6.41. The number of aromatic amines is 1. The molecule has 1 aliphatic rings. The van der Waals surface area contributed by atoms with E-state index in [4.69, 9.17) is 0 Å². The second-order valence-electron chi connectivity index (χ2n) is 4.62. The van der Waals surface area contributed by atoms with Crippen LogP contribution < -0.4 is 15.8 Å². The van der Waals surface area contributed by atoms with Crippen molar-refractivity contribution in [3.63, 3.8) is 0 Å². The van der Waals surface area contributed by atoms with E-state index in [-0.39, 0.29) is 5.56 Å². The minimum Gasteiger partial charge on any atom is -0.355 e. The third kappa shape index (κ3) is 3.11. The molecular formula is C12H19BrN4O. The molecule has 1 aliphatic heterocycles. The van der Waals surface area contributed by atoms with Gasteiger partial charge >= 0.3 is 0 Å². The van der Waals surface area contributed by atoms with Crippen molar-refractivity contribution < 1.29 is 0 Å². The van der Waals surface area contributed by atoms with Gasteiger partial charge in [0.15, 0.2) is 0 Å². The number of nitrogens with one attached hydrogen (secondary N) is 2. The molecule has 2 rings (SSSR count). The predicted octanol–water partition coefficient (Wildman–Crippen LogP) is 1.36. The standard InChI is InChI=1S/C12H19BrN4O/c1-2-17(7-9-4-3-5-14-6-9)11-10(13)12(18)16-8-15-11/h8-9,14H,2-7H2,1H3,(H,15,16,18). The lowest BCUT2D eigenvalue weighted by molar-refractivity contribution is 0.377. The van der Waals surface area contributed by atoms with Crippen molar-refractivity contribution >= 4 is 21.7 Å². The van der Waals surface area contributed by atoms with Crippen LogP contribution in [0.15, 0.2) is 15.6 Å². The number of rotatable bonds is 4. The van der Waals surface area contributed by atoms with E-state index in [1.165, 1.54) is 19.2 Å². The number of nitrogens with zero attached hydrogens (tertiary/aromatic N) is 2. The van der Waals surface area contributed by atoms with E-state index < -0.39 is 0 Å². The molecule has 2 N–H and O–H groups in total. The van der Waals surface area contributed by atoms with Crippen molar-refractivity contribution in [3.05, 3.63) is 21.2 Å². The highest BCUT2D eigenvalue weighted by Gasteiger charge is 2.19. The lowest BCUT2D eigenvalue weighted by Crippen LogP contribution is -2.39. The fraction of sp³-hybridized carbons (Fsp3) is 0.667. The molecule has 6 heteroatoms. The van der Waals surface area contributed by atoms with Gasteiger partial charge < -0.3 is 15.2 Å². The topological polar surface area (TPSA) is 61.0 Å². The summed E-state index contributed by atoms with van der Waals surface area (Å²) < 4.78 is 0.524. The number of anilines is 1. The Labute approximate surface area is 115 Å². The largest absolute Gasteiger partial charge is 0.355 e. The second kappa shape index (κ2) is 6.33. The first kappa shape index (κ1) is 13.5. The molecule has 1 unspecified atom stereocenters. The van der Waals surface area contributed by atoms with Gasteiger partial charge in [0.2, 0.25) is 0 Å². The third-order valence-electron chi connectivity index (χ3n) is 3.34. The Morgan fingerprint density at radius 3 is 3.11 bits per heavy atom. The zero-order chi connectivity index (χ0) is 13.0. The van der Waals surface area contributed by atoms with Crippen molar-refractivity contribution in [2.45, 2.75) is 19.8 Å². The highest BCUT2D eigenvalue weighted by Crippen LogP contribution is 2.21. The van der Waals surface area contributed by atoms with Crippen LogP contribution in [-0.2, 0) is 0 Å². The Hall–Kier alpha value is -0.880. The number of piperidine rings is 1. The number of hydrogen-bond donors (Lipinski definition) is 2. The molecule has 1 atom stereocenters. The van der Waals surface area contributed by atoms with Crippen LogP contribution in [0.3, 0.4) is 0 Å². The molecule has 1 aromatic rings. The first-order chi connectivity index (χ1) is 8.72. The monoisotopic (exact) mass is 314 g/mol. The molecule has 18 heavy (non-hydrogen) atoms. The molecule has 0 aliphatic carbocycles. The van der Waals surface area contributed by atoms with E-state index in [0.29, 0.717) is 10.4 Å². The molecular weight excluding hydrogens is 296 g/mol. The summed E-state index contributed by atoms with van der Waals surface area (Å²) in [6.07, 6.45) is 3.93. The molecule has 0 aromatic carbocycles. The highest BCUT2D eigenvalue weighted by molar-refractivity contribution is 9.10. The molecule has 2 heterocycles. The fourth-order valence-corrected chi connectivity index (χ4v) is 2.82. The van der Waals surface area contributed by atoms with Gasteiger partial charge in [-0.15, -0.1) is 0 Å². The minimum absolute atomic E-state index is 0.125. The average Bonchev–Trinajstić information content (AvgIpc) is 2.41. The zero-order valence-corrected chi connectivity index (χ0v) is 12.2. The summed E-state index contributed by atoms with van der Waals surface area (Å²) in [6, 6.07) is 0. The van der Waals surface area contributed by atoms with E-state index in [1.807, 2.05) is 0 Å². The number of halogens is 1. The fourth-order valence-electron chi connectivity index (χ4n) is 2.35. The molecule has 0 amide bonds. The molecule has 0 radical (unpaired) electrons. The van der Waals surface area contributed by atoms with Crippen LogP contribution in [0.2, 0.25) is 0 Å². The lowest BCUT2D eigenvalue weighted by Gasteiger charge is -2.30. The van der Waals surface area contributed by atoms with Crippen LogP contribution in [0, 0.1) is 5.92 Å². The van der Waals surface area contributed by atoms with Gasteiger partial charge in [0.1, 0.15) is 10.3 Å². The average molecular weight is 315 g/mol. The summed E-state index contributed by atoms with van der Waals surface area (Å²) in [5.74, 6) is 1.37. The van der Waals surface area contributed by atoms with Crippen molar-refractivity contribution in [1.82, 2.24) is 15.3 Å². The van der Waals surface area contributed by atoms with Crippen LogP contribution in [0.4, 0.5) is 5.82 Å². The Kier molecular flexibility index (Phi) is 4.77. The molecule has 0 saturated carbocycles. The summed E-state index contributed by atoms with van der Waals surface area (Å²) >= 11 is 3.32. The van der Waals surface area contributed by atoms with Gasteiger partial charge in [-0.25, -0.2) is 4.98 Å². The molecule has 0 spiro atoms. The summed E-state index contributed by atoms with van der Waals surface area (Å²) in [4.78, 5) is 20.6. The maximum absolute atomic E-state index is 11.6. The molecule has 1 fully saturated rings. The Morgan fingerprint density at radius 2 is 2.44 bits per heavy atom. The minimum atomic E-state index is -0.125. The van der Waals surface area contributed by atoms with Gasteiger partial charge in [0, 0.05) is 13.1 Å². The first-order valence-corrected chi connectivity index (χ1v) is 7.20. The van der Waals surface area contributed by atoms with Gasteiger partial charge in [-0.05, 0) is 54.7 Å². The van der Waals surface area contributed by atoms with Crippen LogP contribution >= 0.6 is 15.9 Å². The van der Waals surface area contributed by atoms with E-state index in [0.717, 1.165) is 32.0 Å². The summed E-state index contributed by atoms with van der Waals surface area (Å²) in [5.41, 5.74) is -0.125. The van der Waals surface area contributed by atoms with Crippen molar-refractivity contribution in [2.24, 2.45) is 5.92 Å². The zero-order valence-electron chi connectivity index (χ0n) is 10.6. The molecule has 100 valence electrons. The SMILES string of the molecule is CCN(CC1CCCNC1)c1nc[nH]c(=O)c1Br. The van der Waals surface area contributed by atoms with E-state index in [1.54, 1.807) is 0 Å². The molecule has 1 aromatic heterocycles. The Balaban J connectivity index is 2.12. The maximum atomic E-state index is 11.6. The maximum Gasteiger partial charge on any atom is 0.267 e. The predicted molar refractivity (Wildman–Crippen MR) is 76.0 cm³/mol. The van der Waals surface area contributed by atoms with Crippen LogP contribution in [0.5, 0.6) is 0 Å². The second-order valence-corrected chi connectivity index (χ2v) is 5.41. The van der Waals surface area contributed by atoms with Crippen LogP contribution in [0.1, 0.15) is 19.8 Å². The number of hydrogen-bond acceptors (Lipinski definition) is 4. The Morgan fingerprint density at radius 1 is 1.61 bits per heavy atom. The summed E-state index contributed by atoms with van der Waals surface area (Å²) in [5, 5.41) is 3.42.